The van der Waals surface area contributed by atoms with Crippen molar-refractivity contribution >= 4 is 17.2 Å². The molecule has 0 aliphatic heterocycles. The van der Waals surface area contributed by atoms with E-state index in [4.69, 9.17) is 0 Å². The van der Waals surface area contributed by atoms with Gasteiger partial charge in [0, 0.05) is 49.2 Å². The molecule has 0 bridgehead atoms. The summed E-state index contributed by atoms with van der Waals surface area (Å²) in [5.74, 6) is -0.0870. The molecule has 26 heavy (non-hydrogen) atoms. The van der Waals surface area contributed by atoms with E-state index in [0.717, 1.165) is 41.3 Å². The van der Waals surface area contributed by atoms with Crippen molar-refractivity contribution in [3.63, 3.8) is 0 Å². The number of fused-ring (bicyclic) bond motifs is 1. The summed E-state index contributed by atoms with van der Waals surface area (Å²) < 4.78 is 3.91. The van der Waals surface area contributed by atoms with Crippen molar-refractivity contribution in [2.45, 2.75) is 19.9 Å². The number of hydrogen-bond donors (Lipinski definition) is 1. The summed E-state index contributed by atoms with van der Waals surface area (Å²) in [5, 5.41) is 11.2. The number of aromatic nitrogens is 5. The molecule has 0 radical (unpaired) electrons. The summed E-state index contributed by atoms with van der Waals surface area (Å²) in [5.41, 5.74) is 4.61. The van der Waals surface area contributed by atoms with Crippen LogP contribution in [0.15, 0.2) is 61.1 Å². The number of anilines is 1. The maximum atomic E-state index is 11.1. The standard InChI is InChI=1S/C19H18N6O/c1-14(26)21-16-7-5-15(6-8-16)18-13-24(23-22-18)11-9-17-12-20-19-4-2-3-10-25(17)19/h2-8,10,12-13H,9,11H2,1H3,(H,21,26). The summed E-state index contributed by atoms with van der Waals surface area (Å²) in [6.45, 7) is 2.21. The summed E-state index contributed by atoms with van der Waals surface area (Å²) in [6, 6.07) is 13.5. The number of rotatable bonds is 5. The minimum Gasteiger partial charge on any atom is -0.326 e. The van der Waals surface area contributed by atoms with Gasteiger partial charge in [-0.1, -0.05) is 23.4 Å². The van der Waals surface area contributed by atoms with E-state index in [1.165, 1.54) is 6.92 Å². The van der Waals surface area contributed by atoms with Gasteiger partial charge in [0.15, 0.2) is 0 Å². The third-order valence-electron chi connectivity index (χ3n) is 4.13. The number of carbonyl (C=O) groups excluding carboxylic acids is 1. The van der Waals surface area contributed by atoms with E-state index in [1.807, 2.05) is 65.7 Å². The molecule has 4 rings (SSSR count). The van der Waals surface area contributed by atoms with Crippen molar-refractivity contribution in [3.8, 4) is 11.3 Å². The molecule has 7 heteroatoms. The van der Waals surface area contributed by atoms with Crippen LogP contribution in [0.5, 0.6) is 0 Å². The third kappa shape index (κ3) is 3.32. The second kappa shape index (κ2) is 6.79. The van der Waals surface area contributed by atoms with E-state index in [1.54, 1.807) is 0 Å². The molecule has 1 aromatic carbocycles. The van der Waals surface area contributed by atoms with Crippen LogP contribution in [-0.4, -0.2) is 30.3 Å². The van der Waals surface area contributed by atoms with Gasteiger partial charge in [0.2, 0.25) is 5.91 Å². The first-order chi connectivity index (χ1) is 12.7. The van der Waals surface area contributed by atoms with Crippen molar-refractivity contribution in [3.05, 3.63) is 66.7 Å². The number of nitrogens with one attached hydrogen (secondary N) is 1. The molecule has 7 nitrogen and oxygen atoms in total. The van der Waals surface area contributed by atoms with Crippen molar-refractivity contribution in [2.75, 3.05) is 5.32 Å². The predicted molar refractivity (Wildman–Crippen MR) is 98.7 cm³/mol. The summed E-state index contributed by atoms with van der Waals surface area (Å²) >= 11 is 0. The summed E-state index contributed by atoms with van der Waals surface area (Å²) in [7, 11) is 0. The first-order valence-electron chi connectivity index (χ1n) is 8.38. The fourth-order valence-corrected chi connectivity index (χ4v) is 2.87. The Bertz CT molecular complexity index is 1050. The van der Waals surface area contributed by atoms with E-state index in [2.05, 4.69) is 25.0 Å². The van der Waals surface area contributed by atoms with E-state index in [0.29, 0.717) is 0 Å². The molecule has 0 spiro atoms. The number of nitrogens with zero attached hydrogens (tertiary/aromatic N) is 5. The van der Waals surface area contributed by atoms with Crippen LogP contribution < -0.4 is 5.32 Å². The van der Waals surface area contributed by atoms with Gasteiger partial charge in [-0.15, -0.1) is 5.10 Å². The van der Waals surface area contributed by atoms with E-state index in [-0.39, 0.29) is 5.91 Å². The first kappa shape index (κ1) is 16.0. The number of imidazole rings is 1. The third-order valence-corrected chi connectivity index (χ3v) is 4.13. The Hall–Kier alpha value is -3.48. The fourth-order valence-electron chi connectivity index (χ4n) is 2.87. The van der Waals surface area contributed by atoms with Crippen LogP contribution in [0.25, 0.3) is 16.9 Å². The van der Waals surface area contributed by atoms with Crippen LogP contribution in [-0.2, 0) is 17.8 Å². The van der Waals surface area contributed by atoms with Crippen molar-refractivity contribution < 1.29 is 4.79 Å². The lowest BCUT2D eigenvalue weighted by molar-refractivity contribution is -0.114. The van der Waals surface area contributed by atoms with Gasteiger partial charge in [0.25, 0.3) is 0 Å². The lowest BCUT2D eigenvalue weighted by Gasteiger charge is -2.02. The van der Waals surface area contributed by atoms with Gasteiger partial charge in [0.05, 0.1) is 6.20 Å². The molecule has 0 aliphatic carbocycles. The minimum atomic E-state index is -0.0870. The molecule has 0 saturated heterocycles. The molecule has 1 N–H and O–H groups in total. The normalized spacial score (nSPS) is 11.0. The van der Waals surface area contributed by atoms with Gasteiger partial charge < -0.3 is 9.72 Å². The molecular weight excluding hydrogens is 328 g/mol. The molecule has 0 atom stereocenters. The molecule has 0 unspecified atom stereocenters. The molecule has 3 aromatic heterocycles. The molecule has 0 fully saturated rings. The van der Waals surface area contributed by atoms with Crippen LogP contribution >= 0.6 is 0 Å². The highest BCUT2D eigenvalue weighted by Crippen LogP contribution is 2.19. The molecular formula is C19H18N6O. The molecule has 3 heterocycles. The predicted octanol–water partition coefficient (Wildman–Crippen LogP) is 2.79. The monoisotopic (exact) mass is 346 g/mol. The topological polar surface area (TPSA) is 77.1 Å². The quantitative estimate of drug-likeness (QED) is 0.603. The van der Waals surface area contributed by atoms with E-state index in [9.17, 15) is 4.79 Å². The Morgan fingerprint density at radius 1 is 1.15 bits per heavy atom. The Balaban J connectivity index is 1.45. The lowest BCUT2D eigenvalue weighted by Crippen LogP contribution is -2.05. The molecule has 1 amide bonds. The van der Waals surface area contributed by atoms with Gasteiger partial charge in [-0.05, 0) is 24.3 Å². The number of aryl methyl sites for hydroxylation is 2. The van der Waals surface area contributed by atoms with E-state index < -0.39 is 0 Å². The SMILES string of the molecule is CC(=O)Nc1ccc(-c2cn(CCc3cnc4ccccn34)nn2)cc1. The molecule has 0 saturated carbocycles. The minimum absolute atomic E-state index is 0.0870. The van der Waals surface area contributed by atoms with Gasteiger partial charge in [0.1, 0.15) is 11.3 Å². The Labute approximate surface area is 150 Å². The molecule has 4 aromatic rings. The fraction of sp³-hybridized carbons (Fsp3) is 0.158. The summed E-state index contributed by atoms with van der Waals surface area (Å²) in [4.78, 5) is 15.5. The zero-order chi connectivity index (χ0) is 17.9. The second-order valence-electron chi connectivity index (χ2n) is 6.05. The van der Waals surface area contributed by atoms with Gasteiger partial charge in [-0.25, -0.2) is 4.98 Å². The lowest BCUT2D eigenvalue weighted by atomic mass is 10.1. The first-order valence-corrected chi connectivity index (χ1v) is 8.38. The number of pyridine rings is 1. The Morgan fingerprint density at radius 2 is 2.00 bits per heavy atom. The number of hydrogen-bond acceptors (Lipinski definition) is 4. The highest BCUT2D eigenvalue weighted by atomic mass is 16.1. The second-order valence-corrected chi connectivity index (χ2v) is 6.05. The number of benzene rings is 1. The number of carbonyl (C=O) groups is 1. The summed E-state index contributed by atoms with van der Waals surface area (Å²) in [6.07, 6.45) is 6.65. The Morgan fingerprint density at radius 3 is 2.81 bits per heavy atom. The van der Waals surface area contributed by atoms with Crippen LogP contribution in [0.1, 0.15) is 12.6 Å². The zero-order valence-electron chi connectivity index (χ0n) is 14.3. The maximum Gasteiger partial charge on any atom is 0.221 e. The average Bonchev–Trinajstić information content (AvgIpc) is 3.27. The molecule has 130 valence electrons. The van der Waals surface area contributed by atoms with Gasteiger partial charge >= 0.3 is 0 Å². The van der Waals surface area contributed by atoms with Crippen LogP contribution in [0.4, 0.5) is 5.69 Å². The van der Waals surface area contributed by atoms with Crippen molar-refractivity contribution in [1.82, 2.24) is 24.4 Å². The van der Waals surface area contributed by atoms with Gasteiger partial charge in [-0.2, -0.15) is 0 Å². The van der Waals surface area contributed by atoms with Crippen molar-refractivity contribution in [1.29, 1.82) is 0 Å². The van der Waals surface area contributed by atoms with Crippen LogP contribution in [0.3, 0.4) is 0 Å². The zero-order valence-corrected chi connectivity index (χ0v) is 14.3. The van der Waals surface area contributed by atoms with Crippen LogP contribution in [0.2, 0.25) is 0 Å². The largest absolute Gasteiger partial charge is 0.326 e. The van der Waals surface area contributed by atoms with Crippen LogP contribution in [0, 0.1) is 0 Å². The number of amides is 1. The highest BCUT2D eigenvalue weighted by Gasteiger charge is 2.07. The van der Waals surface area contributed by atoms with Gasteiger partial charge in [-0.3, -0.25) is 9.48 Å². The van der Waals surface area contributed by atoms with Crippen molar-refractivity contribution in [2.24, 2.45) is 0 Å². The highest BCUT2D eigenvalue weighted by molar-refractivity contribution is 5.88. The molecule has 0 aliphatic rings. The van der Waals surface area contributed by atoms with E-state index >= 15 is 0 Å². The maximum absolute atomic E-state index is 11.1. The Kier molecular flexibility index (Phi) is 4.18. The smallest absolute Gasteiger partial charge is 0.221 e. The average molecular weight is 346 g/mol.